The molecule has 66 valence electrons. The van der Waals surface area contributed by atoms with Crippen molar-refractivity contribution in [2.75, 3.05) is 31.1 Å². The maximum atomic E-state index is 5.67. The molecule has 1 unspecified atom stereocenters. The van der Waals surface area contributed by atoms with Crippen molar-refractivity contribution in [1.82, 2.24) is 4.90 Å². The zero-order valence-corrected chi connectivity index (χ0v) is 8.07. The monoisotopic (exact) mass is 174 g/mol. The van der Waals surface area contributed by atoms with Crippen LogP contribution in [0.3, 0.4) is 0 Å². The van der Waals surface area contributed by atoms with E-state index in [0.717, 1.165) is 6.54 Å². The first kappa shape index (κ1) is 9.36. The zero-order chi connectivity index (χ0) is 8.10. The van der Waals surface area contributed by atoms with Gasteiger partial charge < -0.3 is 5.73 Å². The van der Waals surface area contributed by atoms with Gasteiger partial charge in [-0.05, 0) is 13.0 Å². The van der Waals surface area contributed by atoms with Gasteiger partial charge in [0.15, 0.2) is 0 Å². The van der Waals surface area contributed by atoms with Gasteiger partial charge in [0.25, 0.3) is 0 Å². The molecule has 1 rings (SSSR count). The lowest BCUT2D eigenvalue weighted by atomic mass is 10.2. The first-order valence-corrected chi connectivity index (χ1v) is 5.55. The van der Waals surface area contributed by atoms with Gasteiger partial charge in [-0.15, -0.1) is 0 Å². The van der Waals surface area contributed by atoms with Gasteiger partial charge in [-0.2, -0.15) is 11.8 Å². The summed E-state index contributed by atoms with van der Waals surface area (Å²) in [5.74, 6) is 2.52. The smallest absolute Gasteiger partial charge is 0.0309 e. The number of nitrogens with two attached hydrogens (primary N) is 1. The molecule has 0 aromatic carbocycles. The van der Waals surface area contributed by atoms with E-state index in [2.05, 4.69) is 11.8 Å². The SMILES string of the molecule is CCCN1CCSCC1CN. The molecule has 0 saturated carbocycles. The van der Waals surface area contributed by atoms with Crippen LogP contribution in [0, 0.1) is 0 Å². The van der Waals surface area contributed by atoms with Crippen LogP contribution in [-0.2, 0) is 0 Å². The third kappa shape index (κ3) is 2.65. The molecule has 2 nitrogen and oxygen atoms in total. The Hall–Kier alpha value is 0.270. The number of rotatable bonds is 3. The Morgan fingerprint density at radius 3 is 3.09 bits per heavy atom. The molecule has 0 amide bonds. The molecule has 1 aliphatic rings. The standard InChI is InChI=1S/C8H18N2S/c1-2-3-10-4-5-11-7-8(10)6-9/h8H,2-7,9H2,1H3. The Balaban J connectivity index is 2.31. The van der Waals surface area contributed by atoms with Gasteiger partial charge in [0.2, 0.25) is 0 Å². The van der Waals surface area contributed by atoms with E-state index in [1.54, 1.807) is 0 Å². The van der Waals surface area contributed by atoms with E-state index in [4.69, 9.17) is 5.73 Å². The molecule has 11 heavy (non-hydrogen) atoms. The predicted molar refractivity (Wildman–Crippen MR) is 52.0 cm³/mol. The van der Waals surface area contributed by atoms with E-state index in [0.29, 0.717) is 6.04 Å². The topological polar surface area (TPSA) is 29.3 Å². The third-order valence-electron chi connectivity index (χ3n) is 2.13. The summed E-state index contributed by atoms with van der Waals surface area (Å²) in [6.07, 6.45) is 1.25. The minimum absolute atomic E-state index is 0.647. The predicted octanol–water partition coefficient (Wildman–Crippen LogP) is 0.772. The van der Waals surface area contributed by atoms with E-state index < -0.39 is 0 Å². The molecule has 0 aromatic heterocycles. The second-order valence-corrected chi connectivity index (χ2v) is 4.15. The van der Waals surface area contributed by atoms with Crippen LogP contribution in [0.15, 0.2) is 0 Å². The second-order valence-electron chi connectivity index (χ2n) is 3.00. The van der Waals surface area contributed by atoms with Crippen molar-refractivity contribution in [2.45, 2.75) is 19.4 Å². The summed E-state index contributed by atoms with van der Waals surface area (Å²) in [5.41, 5.74) is 5.67. The highest BCUT2D eigenvalue weighted by Crippen LogP contribution is 2.15. The Morgan fingerprint density at radius 1 is 1.64 bits per heavy atom. The van der Waals surface area contributed by atoms with Gasteiger partial charge in [0.05, 0.1) is 0 Å². The van der Waals surface area contributed by atoms with Crippen LogP contribution < -0.4 is 5.73 Å². The van der Waals surface area contributed by atoms with Crippen LogP contribution in [0.2, 0.25) is 0 Å². The fourth-order valence-electron chi connectivity index (χ4n) is 1.49. The van der Waals surface area contributed by atoms with E-state index in [-0.39, 0.29) is 0 Å². The summed E-state index contributed by atoms with van der Waals surface area (Å²) in [5, 5.41) is 0. The molecular weight excluding hydrogens is 156 g/mol. The van der Waals surface area contributed by atoms with E-state index in [1.807, 2.05) is 11.8 Å². The maximum absolute atomic E-state index is 5.67. The molecule has 1 saturated heterocycles. The van der Waals surface area contributed by atoms with E-state index in [1.165, 1.54) is 31.0 Å². The van der Waals surface area contributed by atoms with Crippen molar-refractivity contribution < 1.29 is 0 Å². The lowest BCUT2D eigenvalue weighted by Gasteiger charge is -2.34. The fourth-order valence-corrected chi connectivity index (χ4v) is 2.64. The molecule has 1 heterocycles. The molecular formula is C8H18N2S. The highest BCUT2D eigenvalue weighted by atomic mass is 32.2. The van der Waals surface area contributed by atoms with Crippen molar-refractivity contribution in [2.24, 2.45) is 5.73 Å². The number of thioether (sulfide) groups is 1. The van der Waals surface area contributed by atoms with Crippen LogP contribution in [0.4, 0.5) is 0 Å². The lowest BCUT2D eigenvalue weighted by molar-refractivity contribution is 0.224. The normalized spacial score (nSPS) is 27.3. The molecule has 1 fully saturated rings. The van der Waals surface area contributed by atoms with Gasteiger partial charge in [0, 0.05) is 30.6 Å². The Labute approximate surface area is 73.5 Å². The third-order valence-corrected chi connectivity index (χ3v) is 3.22. The fraction of sp³-hybridized carbons (Fsp3) is 1.00. The van der Waals surface area contributed by atoms with Gasteiger partial charge in [-0.1, -0.05) is 6.92 Å². The second kappa shape index (κ2) is 5.01. The average molecular weight is 174 g/mol. The molecule has 0 radical (unpaired) electrons. The molecule has 1 aliphatic heterocycles. The maximum Gasteiger partial charge on any atom is 0.0309 e. The van der Waals surface area contributed by atoms with Crippen molar-refractivity contribution in [3.05, 3.63) is 0 Å². The largest absolute Gasteiger partial charge is 0.329 e. The van der Waals surface area contributed by atoms with Gasteiger partial charge in [0.1, 0.15) is 0 Å². The van der Waals surface area contributed by atoms with Crippen LogP contribution in [0.1, 0.15) is 13.3 Å². The minimum atomic E-state index is 0.647. The van der Waals surface area contributed by atoms with Crippen molar-refractivity contribution in [3.8, 4) is 0 Å². The first-order chi connectivity index (χ1) is 5.38. The lowest BCUT2D eigenvalue weighted by Crippen LogP contribution is -2.46. The number of hydrogen-bond acceptors (Lipinski definition) is 3. The van der Waals surface area contributed by atoms with Crippen LogP contribution >= 0.6 is 11.8 Å². The first-order valence-electron chi connectivity index (χ1n) is 4.40. The van der Waals surface area contributed by atoms with Gasteiger partial charge in [-0.3, -0.25) is 4.90 Å². The van der Waals surface area contributed by atoms with E-state index in [9.17, 15) is 0 Å². The summed E-state index contributed by atoms with van der Waals surface area (Å²) in [7, 11) is 0. The van der Waals surface area contributed by atoms with Gasteiger partial charge in [-0.25, -0.2) is 0 Å². The summed E-state index contributed by atoms with van der Waals surface area (Å²) in [4.78, 5) is 2.52. The van der Waals surface area contributed by atoms with Crippen molar-refractivity contribution in [3.63, 3.8) is 0 Å². The van der Waals surface area contributed by atoms with Crippen LogP contribution in [0.5, 0.6) is 0 Å². The molecule has 0 bridgehead atoms. The van der Waals surface area contributed by atoms with Crippen LogP contribution in [0.25, 0.3) is 0 Å². The number of nitrogens with zero attached hydrogens (tertiary/aromatic N) is 1. The highest BCUT2D eigenvalue weighted by Gasteiger charge is 2.19. The Morgan fingerprint density at radius 2 is 2.45 bits per heavy atom. The summed E-state index contributed by atoms with van der Waals surface area (Å²) >= 11 is 2.04. The highest BCUT2D eigenvalue weighted by molar-refractivity contribution is 7.99. The Kier molecular flexibility index (Phi) is 4.26. The molecule has 1 atom stereocenters. The molecule has 2 N–H and O–H groups in total. The summed E-state index contributed by atoms with van der Waals surface area (Å²) in [6, 6.07) is 0.647. The summed E-state index contributed by atoms with van der Waals surface area (Å²) < 4.78 is 0. The van der Waals surface area contributed by atoms with E-state index >= 15 is 0 Å². The van der Waals surface area contributed by atoms with Crippen LogP contribution in [-0.4, -0.2) is 42.1 Å². The van der Waals surface area contributed by atoms with Crippen molar-refractivity contribution in [1.29, 1.82) is 0 Å². The average Bonchev–Trinajstić information content (AvgIpc) is 2.06. The van der Waals surface area contributed by atoms with Crippen molar-refractivity contribution >= 4 is 11.8 Å². The molecule has 0 aromatic rings. The quantitative estimate of drug-likeness (QED) is 0.685. The van der Waals surface area contributed by atoms with Gasteiger partial charge >= 0.3 is 0 Å². The molecule has 0 spiro atoms. The molecule has 3 heteroatoms. The summed E-state index contributed by atoms with van der Waals surface area (Å²) in [6.45, 7) is 5.52. The molecule has 0 aliphatic carbocycles. The minimum Gasteiger partial charge on any atom is -0.329 e. The Bertz CT molecular complexity index is 106. The number of hydrogen-bond donors (Lipinski definition) is 1. The zero-order valence-electron chi connectivity index (χ0n) is 7.25.